The first kappa shape index (κ1) is 17.6. The molecule has 0 bridgehead atoms. The Morgan fingerprint density at radius 1 is 1.29 bits per heavy atom. The van der Waals surface area contributed by atoms with Gasteiger partial charge < -0.3 is 9.84 Å². The zero-order chi connectivity index (χ0) is 16.0. The van der Waals surface area contributed by atoms with Crippen molar-refractivity contribution in [3.63, 3.8) is 0 Å². The Hall–Kier alpha value is -1.44. The van der Waals surface area contributed by atoms with Crippen LogP contribution in [0.2, 0.25) is 0 Å². The highest BCUT2D eigenvalue weighted by molar-refractivity contribution is 7.89. The molecule has 0 aliphatic heterocycles. The summed E-state index contributed by atoms with van der Waals surface area (Å²) in [5.74, 6) is -1.11. The molecule has 1 rings (SSSR count). The van der Waals surface area contributed by atoms with Crippen LogP contribution in [0.5, 0.6) is 0 Å². The standard InChI is InChI=1S/C14H21NO5S/c1-10(2)8-13(14(16)17)15-21(18,19)12-6-4-11(5-7-12)9-20-3/h4-7,10,13,15H,8-9H2,1-3H3,(H,16,17)/t13-/m1/s1. The topological polar surface area (TPSA) is 92.7 Å². The highest BCUT2D eigenvalue weighted by Gasteiger charge is 2.25. The first-order valence-electron chi connectivity index (χ1n) is 6.59. The number of carbonyl (C=O) groups is 1. The summed E-state index contributed by atoms with van der Waals surface area (Å²) in [5.41, 5.74) is 0.841. The maximum atomic E-state index is 12.2. The van der Waals surface area contributed by atoms with Crippen LogP contribution in [0.25, 0.3) is 0 Å². The summed E-state index contributed by atoms with van der Waals surface area (Å²) < 4.78 is 31.6. The Morgan fingerprint density at radius 3 is 2.29 bits per heavy atom. The van der Waals surface area contributed by atoms with Crippen molar-refractivity contribution in [3.8, 4) is 0 Å². The van der Waals surface area contributed by atoms with Crippen molar-refractivity contribution in [2.75, 3.05) is 7.11 Å². The maximum Gasteiger partial charge on any atom is 0.321 e. The number of nitrogens with one attached hydrogen (secondary N) is 1. The fourth-order valence-electron chi connectivity index (χ4n) is 1.86. The lowest BCUT2D eigenvalue weighted by molar-refractivity contribution is -0.139. The lowest BCUT2D eigenvalue weighted by atomic mass is 10.1. The third-order valence-corrected chi connectivity index (χ3v) is 4.33. The Labute approximate surface area is 125 Å². The average Bonchev–Trinajstić information content (AvgIpc) is 2.38. The second-order valence-electron chi connectivity index (χ2n) is 5.22. The second-order valence-corrected chi connectivity index (χ2v) is 6.93. The Bertz CT molecular complexity index is 566. The van der Waals surface area contributed by atoms with Gasteiger partial charge in [-0.2, -0.15) is 4.72 Å². The molecule has 0 aromatic heterocycles. The minimum absolute atomic E-state index is 0.0392. The van der Waals surface area contributed by atoms with Crippen LogP contribution in [0.1, 0.15) is 25.8 Å². The number of rotatable bonds is 8. The number of aliphatic carboxylic acids is 1. The number of carboxylic acids is 1. The zero-order valence-electron chi connectivity index (χ0n) is 12.4. The van der Waals surface area contributed by atoms with Gasteiger partial charge in [0.15, 0.2) is 0 Å². The normalized spacial score (nSPS) is 13.3. The van der Waals surface area contributed by atoms with E-state index in [1.807, 2.05) is 13.8 Å². The van der Waals surface area contributed by atoms with Gasteiger partial charge in [0.2, 0.25) is 10.0 Å². The summed E-state index contributed by atoms with van der Waals surface area (Å²) in [6, 6.07) is 5.01. The number of ether oxygens (including phenoxy) is 1. The third kappa shape index (κ3) is 5.45. The summed E-state index contributed by atoms with van der Waals surface area (Å²) in [7, 11) is -2.30. The highest BCUT2D eigenvalue weighted by Crippen LogP contribution is 2.14. The van der Waals surface area contributed by atoms with Crippen molar-refractivity contribution in [2.24, 2.45) is 5.92 Å². The molecule has 0 radical (unpaired) electrons. The van der Waals surface area contributed by atoms with Gasteiger partial charge in [-0.05, 0) is 30.0 Å². The van der Waals surface area contributed by atoms with Gasteiger partial charge >= 0.3 is 5.97 Å². The van der Waals surface area contributed by atoms with E-state index in [4.69, 9.17) is 9.84 Å². The van der Waals surface area contributed by atoms with Crippen LogP contribution in [0.3, 0.4) is 0 Å². The molecule has 2 N–H and O–H groups in total. The third-order valence-electron chi connectivity index (χ3n) is 2.85. The molecule has 0 aliphatic carbocycles. The largest absolute Gasteiger partial charge is 0.480 e. The molecular weight excluding hydrogens is 294 g/mol. The number of benzene rings is 1. The number of carboxylic acid groups (broad SMARTS) is 1. The lowest BCUT2D eigenvalue weighted by Gasteiger charge is -2.16. The van der Waals surface area contributed by atoms with Crippen LogP contribution in [0.15, 0.2) is 29.2 Å². The highest BCUT2D eigenvalue weighted by atomic mass is 32.2. The van der Waals surface area contributed by atoms with Gasteiger partial charge in [-0.25, -0.2) is 8.42 Å². The van der Waals surface area contributed by atoms with E-state index in [0.29, 0.717) is 6.61 Å². The second kappa shape index (κ2) is 7.53. The smallest absolute Gasteiger partial charge is 0.321 e. The summed E-state index contributed by atoms with van der Waals surface area (Å²) in [6.45, 7) is 4.06. The number of hydrogen-bond acceptors (Lipinski definition) is 4. The first-order chi connectivity index (χ1) is 9.76. The molecule has 0 amide bonds. The van der Waals surface area contributed by atoms with Crippen molar-refractivity contribution >= 4 is 16.0 Å². The summed E-state index contributed by atoms with van der Waals surface area (Å²) in [5, 5.41) is 9.10. The minimum Gasteiger partial charge on any atom is -0.480 e. The quantitative estimate of drug-likeness (QED) is 0.760. The Morgan fingerprint density at radius 2 is 1.86 bits per heavy atom. The van der Waals surface area contributed by atoms with Gasteiger partial charge in [-0.1, -0.05) is 26.0 Å². The van der Waals surface area contributed by atoms with Crippen LogP contribution >= 0.6 is 0 Å². The lowest BCUT2D eigenvalue weighted by Crippen LogP contribution is -2.41. The Kier molecular flexibility index (Phi) is 6.32. The van der Waals surface area contributed by atoms with E-state index in [9.17, 15) is 13.2 Å². The molecule has 0 fully saturated rings. The molecule has 1 aromatic carbocycles. The summed E-state index contributed by atoms with van der Waals surface area (Å²) in [4.78, 5) is 11.2. The van der Waals surface area contributed by atoms with Gasteiger partial charge in [-0.15, -0.1) is 0 Å². The number of methoxy groups -OCH3 is 1. The van der Waals surface area contributed by atoms with Crippen molar-refractivity contribution < 1.29 is 23.1 Å². The first-order valence-corrected chi connectivity index (χ1v) is 8.07. The van der Waals surface area contributed by atoms with E-state index in [0.717, 1.165) is 5.56 Å². The molecule has 0 spiro atoms. The summed E-state index contributed by atoms with van der Waals surface area (Å²) in [6.07, 6.45) is 0.232. The molecule has 6 nitrogen and oxygen atoms in total. The van der Waals surface area contributed by atoms with Crippen LogP contribution in [-0.4, -0.2) is 32.6 Å². The molecule has 0 saturated carbocycles. The fraction of sp³-hybridized carbons (Fsp3) is 0.500. The van der Waals surface area contributed by atoms with E-state index < -0.39 is 22.0 Å². The zero-order valence-corrected chi connectivity index (χ0v) is 13.2. The fourth-order valence-corrected chi connectivity index (χ4v) is 3.06. The Balaban J connectivity index is 2.91. The van der Waals surface area contributed by atoms with E-state index in [2.05, 4.69) is 4.72 Å². The molecule has 0 heterocycles. The van der Waals surface area contributed by atoms with Gasteiger partial charge in [0.05, 0.1) is 11.5 Å². The monoisotopic (exact) mass is 315 g/mol. The number of hydrogen-bond donors (Lipinski definition) is 2. The van der Waals surface area contributed by atoms with E-state index in [-0.39, 0.29) is 17.2 Å². The van der Waals surface area contributed by atoms with Crippen LogP contribution in [0, 0.1) is 5.92 Å². The molecule has 1 aromatic rings. The van der Waals surface area contributed by atoms with Crippen molar-refractivity contribution in [3.05, 3.63) is 29.8 Å². The minimum atomic E-state index is -3.85. The van der Waals surface area contributed by atoms with E-state index in [1.54, 1.807) is 19.2 Å². The van der Waals surface area contributed by atoms with Gasteiger partial charge in [0.1, 0.15) is 6.04 Å². The molecule has 118 valence electrons. The SMILES string of the molecule is COCc1ccc(S(=O)(=O)N[C@H](CC(C)C)C(=O)O)cc1. The summed E-state index contributed by atoms with van der Waals surface area (Å²) >= 11 is 0. The molecule has 0 unspecified atom stereocenters. The van der Waals surface area contributed by atoms with E-state index >= 15 is 0 Å². The van der Waals surface area contributed by atoms with Crippen LogP contribution in [-0.2, 0) is 26.2 Å². The predicted molar refractivity (Wildman–Crippen MR) is 78.4 cm³/mol. The molecule has 21 heavy (non-hydrogen) atoms. The molecule has 1 atom stereocenters. The van der Waals surface area contributed by atoms with Crippen molar-refractivity contribution in [1.82, 2.24) is 4.72 Å². The van der Waals surface area contributed by atoms with Gasteiger partial charge in [0, 0.05) is 7.11 Å². The predicted octanol–water partition coefficient (Wildman–Crippen LogP) is 1.61. The van der Waals surface area contributed by atoms with Crippen LogP contribution in [0.4, 0.5) is 0 Å². The molecule has 7 heteroatoms. The van der Waals surface area contributed by atoms with Gasteiger partial charge in [-0.3, -0.25) is 4.79 Å². The maximum absolute atomic E-state index is 12.2. The van der Waals surface area contributed by atoms with Crippen molar-refractivity contribution in [1.29, 1.82) is 0 Å². The van der Waals surface area contributed by atoms with Crippen molar-refractivity contribution in [2.45, 2.75) is 37.8 Å². The van der Waals surface area contributed by atoms with Crippen LogP contribution < -0.4 is 4.72 Å². The molecular formula is C14H21NO5S. The van der Waals surface area contributed by atoms with Gasteiger partial charge in [0.25, 0.3) is 0 Å². The van der Waals surface area contributed by atoms with E-state index in [1.165, 1.54) is 12.1 Å². The number of sulfonamides is 1. The molecule has 0 saturated heterocycles. The molecule has 0 aliphatic rings. The average molecular weight is 315 g/mol.